The topological polar surface area (TPSA) is 72.4 Å². The minimum absolute atomic E-state index is 0. The molecule has 1 rings (SSSR count). The van der Waals surface area contributed by atoms with E-state index in [1.807, 2.05) is 0 Å². The minimum atomic E-state index is -0.0962. The maximum absolute atomic E-state index is 11.5. The van der Waals surface area contributed by atoms with Crippen LogP contribution in [0.1, 0.15) is 25.7 Å². The third-order valence-corrected chi connectivity index (χ3v) is 3.97. The molecule has 1 saturated heterocycles. The van der Waals surface area contributed by atoms with Crippen LogP contribution in [0.4, 0.5) is 0 Å². The van der Waals surface area contributed by atoms with Crippen molar-refractivity contribution in [3.63, 3.8) is 0 Å². The number of carbonyl (C=O) groups is 1. The molecule has 0 aromatic heterocycles. The Balaban J connectivity index is 0.00000529. The molecule has 0 bridgehead atoms. The number of aliphatic imine (C=N–C) groups is 1. The van der Waals surface area contributed by atoms with Gasteiger partial charge in [0, 0.05) is 40.4 Å². The van der Waals surface area contributed by atoms with Crippen LogP contribution in [-0.4, -0.2) is 77.6 Å². The average Bonchev–Trinajstić information content (AvgIpc) is 2.60. The molecule has 1 heterocycles. The number of guanidine groups is 1. The van der Waals surface area contributed by atoms with Crippen LogP contribution in [0.2, 0.25) is 0 Å². The molecule has 0 saturated carbocycles. The molecule has 0 unspecified atom stereocenters. The standard InChI is InChI=1S/C16H31N3O4.HI/c1-17-16(18-8-4-5-11-23-13-12-21-2)19-9-6-14(7-10-19)15(20)22-3;/h14H,4-13H2,1-3H3,(H,17,18);1H. The Morgan fingerprint density at radius 3 is 2.46 bits per heavy atom. The van der Waals surface area contributed by atoms with Crippen molar-refractivity contribution in [1.82, 2.24) is 10.2 Å². The summed E-state index contributed by atoms with van der Waals surface area (Å²) in [6.45, 7) is 4.59. The van der Waals surface area contributed by atoms with E-state index in [9.17, 15) is 4.79 Å². The van der Waals surface area contributed by atoms with Gasteiger partial charge in [-0.1, -0.05) is 0 Å². The molecule has 0 aromatic carbocycles. The summed E-state index contributed by atoms with van der Waals surface area (Å²) in [6, 6.07) is 0. The van der Waals surface area contributed by atoms with Gasteiger partial charge in [-0.2, -0.15) is 0 Å². The van der Waals surface area contributed by atoms with Crippen LogP contribution in [-0.2, 0) is 19.0 Å². The molecule has 0 atom stereocenters. The number of piperidine rings is 1. The quantitative estimate of drug-likeness (QED) is 0.186. The first-order chi connectivity index (χ1) is 11.2. The van der Waals surface area contributed by atoms with Crippen molar-refractivity contribution in [3.8, 4) is 0 Å². The average molecular weight is 457 g/mol. The van der Waals surface area contributed by atoms with Crippen molar-refractivity contribution < 1.29 is 19.0 Å². The van der Waals surface area contributed by atoms with Crippen LogP contribution in [0.25, 0.3) is 0 Å². The van der Waals surface area contributed by atoms with E-state index in [4.69, 9.17) is 14.2 Å². The number of nitrogens with one attached hydrogen (secondary N) is 1. The van der Waals surface area contributed by atoms with Crippen LogP contribution < -0.4 is 5.32 Å². The van der Waals surface area contributed by atoms with Gasteiger partial charge in [0.1, 0.15) is 0 Å². The van der Waals surface area contributed by atoms with Gasteiger partial charge in [-0.15, -0.1) is 24.0 Å². The molecule has 1 fully saturated rings. The Labute approximate surface area is 162 Å². The number of hydrogen-bond acceptors (Lipinski definition) is 5. The Morgan fingerprint density at radius 1 is 1.17 bits per heavy atom. The van der Waals surface area contributed by atoms with Gasteiger partial charge in [-0.3, -0.25) is 9.79 Å². The van der Waals surface area contributed by atoms with E-state index < -0.39 is 0 Å². The maximum Gasteiger partial charge on any atom is 0.308 e. The number of nitrogens with zero attached hydrogens (tertiary/aromatic N) is 2. The van der Waals surface area contributed by atoms with E-state index in [0.717, 1.165) is 57.9 Å². The second kappa shape index (κ2) is 14.7. The lowest BCUT2D eigenvalue weighted by Crippen LogP contribution is -2.46. The van der Waals surface area contributed by atoms with E-state index in [0.29, 0.717) is 13.2 Å². The highest BCUT2D eigenvalue weighted by molar-refractivity contribution is 14.0. The van der Waals surface area contributed by atoms with Crippen molar-refractivity contribution in [3.05, 3.63) is 0 Å². The van der Waals surface area contributed by atoms with Crippen LogP contribution in [0, 0.1) is 5.92 Å². The van der Waals surface area contributed by atoms with Crippen molar-refractivity contribution in [1.29, 1.82) is 0 Å². The zero-order valence-corrected chi connectivity index (χ0v) is 17.4. The molecule has 0 aliphatic carbocycles. The summed E-state index contributed by atoms with van der Waals surface area (Å²) in [4.78, 5) is 18.1. The van der Waals surface area contributed by atoms with Crippen LogP contribution in [0.5, 0.6) is 0 Å². The summed E-state index contributed by atoms with van der Waals surface area (Å²) in [5.41, 5.74) is 0. The second-order valence-electron chi connectivity index (χ2n) is 5.57. The zero-order valence-electron chi connectivity index (χ0n) is 15.1. The fourth-order valence-electron chi connectivity index (χ4n) is 2.60. The number of methoxy groups -OCH3 is 2. The number of hydrogen-bond donors (Lipinski definition) is 1. The third kappa shape index (κ3) is 9.03. The van der Waals surface area contributed by atoms with Gasteiger partial charge in [0.15, 0.2) is 5.96 Å². The number of esters is 1. The van der Waals surface area contributed by atoms with Gasteiger partial charge in [-0.25, -0.2) is 0 Å². The van der Waals surface area contributed by atoms with Crippen LogP contribution >= 0.6 is 24.0 Å². The van der Waals surface area contributed by atoms with Crippen molar-refractivity contribution in [2.24, 2.45) is 10.9 Å². The predicted molar refractivity (Wildman–Crippen MR) is 105 cm³/mol. The fourth-order valence-corrected chi connectivity index (χ4v) is 2.60. The van der Waals surface area contributed by atoms with Gasteiger partial charge in [-0.05, 0) is 25.7 Å². The number of halogens is 1. The highest BCUT2D eigenvalue weighted by atomic mass is 127. The number of ether oxygens (including phenoxy) is 3. The number of likely N-dealkylation sites (tertiary alicyclic amines) is 1. The molecule has 8 heteroatoms. The normalized spacial score (nSPS) is 15.8. The first-order valence-electron chi connectivity index (χ1n) is 8.33. The van der Waals surface area contributed by atoms with Gasteiger partial charge in [0.2, 0.25) is 0 Å². The Morgan fingerprint density at radius 2 is 1.88 bits per heavy atom. The zero-order chi connectivity index (χ0) is 16.9. The number of unbranched alkanes of at least 4 members (excludes halogenated alkanes) is 1. The van der Waals surface area contributed by atoms with Crippen molar-refractivity contribution >= 4 is 35.9 Å². The lowest BCUT2D eigenvalue weighted by atomic mass is 9.97. The molecule has 1 aliphatic rings. The Kier molecular flexibility index (Phi) is 14.3. The molecule has 0 amide bonds. The summed E-state index contributed by atoms with van der Waals surface area (Å²) < 4.78 is 15.2. The maximum atomic E-state index is 11.5. The highest BCUT2D eigenvalue weighted by Crippen LogP contribution is 2.18. The van der Waals surface area contributed by atoms with E-state index in [1.54, 1.807) is 14.2 Å². The smallest absolute Gasteiger partial charge is 0.308 e. The SMILES string of the molecule is CN=C(NCCCCOCCOC)N1CCC(C(=O)OC)CC1.I. The number of rotatable bonds is 9. The molecule has 7 nitrogen and oxygen atoms in total. The Hall–Kier alpha value is -0.610. The van der Waals surface area contributed by atoms with E-state index in [2.05, 4.69) is 15.2 Å². The van der Waals surface area contributed by atoms with E-state index in [-0.39, 0.29) is 35.9 Å². The fraction of sp³-hybridized carbons (Fsp3) is 0.875. The summed E-state index contributed by atoms with van der Waals surface area (Å²) >= 11 is 0. The molecule has 0 spiro atoms. The molecule has 24 heavy (non-hydrogen) atoms. The van der Waals surface area contributed by atoms with Crippen LogP contribution in [0.3, 0.4) is 0 Å². The third-order valence-electron chi connectivity index (χ3n) is 3.97. The molecule has 0 radical (unpaired) electrons. The van der Waals surface area contributed by atoms with E-state index >= 15 is 0 Å². The summed E-state index contributed by atoms with van der Waals surface area (Å²) in [5.74, 6) is 0.841. The molecule has 0 aromatic rings. The van der Waals surface area contributed by atoms with E-state index in [1.165, 1.54) is 7.11 Å². The molecular weight excluding hydrogens is 425 g/mol. The van der Waals surface area contributed by atoms with Gasteiger partial charge in [0.25, 0.3) is 0 Å². The Bertz CT molecular complexity index is 361. The summed E-state index contributed by atoms with van der Waals surface area (Å²) in [7, 11) is 4.92. The largest absolute Gasteiger partial charge is 0.469 e. The lowest BCUT2D eigenvalue weighted by Gasteiger charge is -2.33. The molecular formula is C16H32IN3O4. The summed E-state index contributed by atoms with van der Waals surface area (Å²) in [5, 5.41) is 3.38. The van der Waals surface area contributed by atoms with Crippen molar-refractivity contribution in [2.45, 2.75) is 25.7 Å². The first kappa shape index (κ1) is 23.4. The van der Waals surface area contributed by atoms with Gasteiger partial charge < -0.3 is 24.4 Å². The summed E-state index contributed by atoms with van der Waals surface area (Å²) in [6.07, 6.45) is 3.68. The lowest BCUT2D eigenvalue weighted by molar-refractivity contribution is -0.146. The van der Waals surface area contributed by atoms with Crippen molar-refractivity contribution in [2.75, 3.05) is 60.7 Å². The monoisotopic (exact) mass is 457 g/mol. The first-order valence-corrected chi connectivity index (χ1v) is 8.33. The van der Waals surface area contributed by atoms with Gasteiger partial charge in [0.05, 0.1) is 26.2 Å². The predicted octanol–water partition coefficient (Wildman–Crippen LogP) is 1.51. The highest BCUT2D eigenvalue weighted by Gasteiger charge is 2.26. The minimum Gasteiger partial charge on any atom is -0.469 e. The van der Waals surface area contributed by atoms with Crippen LogP contribution in [0.15, 0.2) is 4.99 Å². The van der Waals surface area contributed by atoms with Gasteiger partial charge >= 0.3 is 5.97 Å². The number of carbonyl (C=O) groups excluding carboxylic acids is 1. The molecule has 1 N–H and O–H groups in total. The second-order valence-corrected chi connectivity index (χ2v) is 5.57. The molecule has 1 aliphatic heterocycles. The molecule has 142 valence electrons.